The number of nitrogens with one attached hydrogen (secondary N) is 2. The third-order valence-corrected chi connectivity index (χ3v) is 4.77. The Morgan fingerprint density at radius 1 is 1.30 bits per heavy atom. The molecule has 0 atom stereocenters. The molecule has 0 aliphatic carbocycles. The summed E-state index contributed by atoms with van der Waals surface area (Å²) in [6, 6.07) is 7.73. The number of ether oxygens (including phenoxy) is 1. The molecule has 0 saturated heterocycles. The van der Waals surface area contributed by atoms with Gasteiger partial charge in [0.05, 0.1) is 6.20 Å². The van der Waals surface area contributed by atoms with Crippen LogP contribution in [0, 0.1) is 5.92 Å². The molecule has 162 valence electrons. The van der Waals surface area contributed by atoms with Crippen molar-refractivity contribution in [1.82, 2.24) is 9.97 Å². The first kappa shape index (κ1) is 23.7. The van der Waals surface area contributed by atoms with Crippen LogP contribution >= 0.6 is 12.6 Å². The molecular formula is C23H32N4O2S. The number of thiol groups is 1. The van der Waals surface area contributed by atoms with Crippen molar-refractivity contribution >= 4 is 36.6 Å². The van der Waals surface area contributed by atoms with Crippen LogP contribution in [-0.4, -0.2) is 29.5 Å². The minimum absolute atomic E-state index is 0.408. The molecule has 2 N–H and O–H groups in total. The Morgan fingerprint density at radius 3 is 2.83 bits per heavy atom. The van der Waals surface area contributed by atoms with Gasteiger partial charge in [-0.3, -0.25) is 4.79 Å². The lowest BCUT2D eigenvalue weighted by molar-refractivity contribution is -0.105. The molecule has 0 radical (unpaired) electrons. The molecule has 2 aromatic rings. The zero-order chi connectivity index (χ0) is 21.8. The third-order valence-electron chi connectivity index (χ3n) is 4.56. The van der Waals surface area contributed by atoms with E-state index in [1.165, 1.54) is 0 Å². The van der Waals surface area contributed by atoms with Crippen molar-refractivity contribution in [2.45, 2.75) is 51.6 Å². The maximum absolute atomic E-state index is 10.9. The molecule has 1 heterocycles. The Kier molecular flexibility index (Phi) is 10.2. The molecule has 1 amide bonds. The van der Waals surface area contributed by atoms with E-state index >= 15 is 0 Å². The number of carbonyl (C=O) groups is 1. The van der Waals surface area contributed by atoms with Crippen LogP contribution in [0.3, 0.4) is 0 Å². The molecular weight excluding hydrogens is 396 g/mol. The highest BCUT2D eigenvalue weighted by Gasteiger charge is 2.10. The number of amides is 1. The number of anilines is 2. The Labute approximate surface area is 185 Å². The monoisotopic (exact) mass is 428 g/mol. The number of aromatic nitrogens is 2. The molecule has 0 fully saturated rings. The van der Waals surface area contributed by atoms with Crippen LogP contribution in [0.15, 0.2) is 41.2 Å². The van der Waals surface area contributed by atoms with Crippen molar-refractivity contribution in [3.05, 3.63) is 41.6 Å². The lowest BCUT2D eigenvalue weighted by Gasteiger charge is -2.15. The highest BCUT2D eigenvalue weighted by atomic mass is 32.1. The fourth-order valence-electron chi connectivity index (χ4n) is 2.85. The normalized spacial score (nSPS) is 11.4. The molecule has 7 heteroatoms. The second kappa shape index (κ2) is 12.9. The summed E-state index contributed by atoms with van der Waals surface area (Å²) in [5, 5.41) is 6.48. The predicted molar refractivity (Wildman–Crippen MR) is 126 cm³/mol. The molecule has 0 aliphatic rings. The SMILES string of the molecule is CCCCNc1nc(S)ncc1OC/C(=C/c1ccccc1NC=O)CCC(C)C. The summed E-state index contributed by atoms with van der Waals surface area (Å²) >= 11 is 4.24. The zero-order valence-electron chi connectivity index (χ0n) is 18.0. The molecule has 0 unspecified atom stereocenters. The minimum Gasteiger partial charge on any atom is -0.484 e. The number of hydrogen-bond donors (Lipinski definition) is 3. The average molecular weight is 429 g/mol. The fourth-order valence-corrected chi connectivity index (χ4v) is 3.00. The predicted octanol–water partition coefficient (Wildman–Crippen LogP) is 5.44. The summed E-state index contributed by atoms with van der Waals surface area (Å²) in [4.78, 5) is 19.5. The molecule has 1 aromatic carbocycles. The van der Waals surface area contributed by atoms with E-state index < -0.39 is 0 Å². The Bertz CT molecular complexity index is 840. The van der Waals surface area contributed by atoms with Crippen LogP contribution in [0.4, 0.5) is 11.5 Å². The molecule has 0 bridgehead atoms. The maximum atomic E-state index is 10.9. The lowest BCUT2D eigenvalue weighted by atomic mass is 10.0. The van der Waals surface area contributed by atoms with Crippen LogP contribution in [0.1, 0.15) is 52.0 Å². The van der Waals surface area contributed by atoms with Gasteiger partial charge >= 0.3 is 0 Å². The summed E-state index contributed by atoms with van der Waals surface area (Å²) < 4.78 is 6.11. The summed E-state index contributed by atoms with van der Waals surface area (Å²) in [5.74, 6) is 1.85. The van der Waals surface area contributed by atoms with Crippen LogP contribution in [0.25, 0.3) is 6.08 Å². The minimum atomic E-state index is 0.408. The van der Waals surface area contributed by atoms with Gasteiger partial charge in [0.2, 0.25) is 6.41 Å². The Hall–Kier alpha value is -2.54. The zero-order valence-corrected chi connectivity index (χ0v) is 18.9. The van der Waals surface area contributed by atoms with E-state index in [1.54, 1.807) is 6.20 Å². The number of carbonyl (C=O) groups excluding carboxylic acids is 1. The Balaban J connectivity index is 2.21. The number of rotatable bonds is 13. The van der Waals surface area contributed by atoms with E-state index in [9.17, 15) is 4.79 Å². The first-order chi connectivity index (χ1) is 14.5. The summed E-state index contributed by atoms with van der Waals surface area (Å²) in [5.41, 5.74) is 2.87. The molecule has 0 aliphatic heterocycles. The third kappa shape index (κ3) is 8.06. The van der Waals surface area contributed by atoms with E-state index in [0.717, 1.165) is 49.1 Å². The molecule has 30 heavy (non-hydrogen) atoms. The first-order valence-corrected chi connectivity index (χ1v) is 10.9. The van der Waals surface area contributed by atoms with Gasteiger partial charge in [-0.1, -0.05) is 51.5 Å². The highest BCUT2D eigenvalue weighted by molar-refractivity contribution is 7.80. The van der Waals surface area contributed by atoms with Crippen molar-refractivity contribution in [3.63, 3.8) is 0 Å². The second-order valence-corrected chi connectivity index (χ2v) is 7.94. The van der Waals surface area contributed by atoms with Gasteiger partial charge in [0.15, 0.2) is 16.7 Å². The van der Waals surface area contributed by atoms with Gasteiger partial charge in [-0.15, -0.1) is 12.6 Å². The van der Waals surface area contributed by atoms with E-state index in [4.69, 9.17) is 4.74 Å². The molecule has 0 spiro atoms. The molecule has 0 saturated carbocycles. The number of para-hydroxylation sites is 1. The van der Waals surface area contributed by atoms with Gasteiger partial charge in [-0.05, 0) is 42.4 Å². The van der Waals surface area contributed by atoms with Crippen molar-refractivity contribution in [3.8, 4) is 5.75 Å². The highest BCUT2D eigenvalue weighted by Crippen LogP contribution is 2.25. The van der Waals surface area contributed by atoms with Gasteiger partial charge in [-0.2, -0.15) is 0 Å². The van der Waals surface area contributed by atoms with Crippen LogP contribution in [-0.2, 0) is 4.79 Å². The summed E-state index contributed by atoms with van der Waals surface area (Å²) in [7, 11) is 0. The van der Waals surface area contributed by atoms with E-state index in [2.05, 4.69) is 60.1 Å². The molecule has 1 aromatic heterocycles. The Morgan fingerprint density at radius 2 is 2.10 bits per heavy atom. The largest absolute Gasteiger partial charge is 0.484 e. The smallest absolute Gasteiger partial charge is 0.211 e. The van der Waals surface area contributed by atoms with Crippen LogP contribution in [0.5, 0.6) is 5.75 Å². The van der Waals surface area contributed by atoms with Crippen molar-refractivity contribution in [2.24, 2.45) is 5.92 Å². The molecule has 6 nitrogen and oxygen atoms in total. The lowest BCUT2D eigenvalue weighted by Crippen LogP contribution is -2.09. The quantitative estimate of drug-likeness (QED) is 0.171. The molecule has 2 rings (SSSR count). The van der Waals surface area contributed by atoms with Gasteiger partial charge in [0.25, 0.3) is 0 Å². The van der Waals surface area contributed by atoms with Crippen molar-refractivity contribution in [1.29, 1.82) is 0 Å². The van der Waals surface area contributed by atoms with Gasteiger partial charge in [0.1, 0.15) is 6.61 Å². The second-order valence-electron chi connectivity index (χ2n) is 7.54. The van der Waals surface area contributed by atoms with E-state index in [1.807, 2.05) is 24.3 Å². The first-order valence-electron chi connectivity index (χ1n) is 10.4. The van der Waals surface area contributed by atoms with Crippen molar-refractivity contribution < 1.29 is 9.53 Å². The number of unbranched alkanes of at least 4 members (excludes halogenated alkanes) is 1. The van der Waals surface area contributed by atoms with Crippen molar-refractivity contribution in [2.75, 3.05) is 23.8 Å². The van der Waals surface area contributed by atoms with Gasteiger partial charge < -0.3 is 15.4 Å². The number of hydrogen-bond acceptors (Lipinski definition) is 6. The fraction of sp³-hybridized carbons (Fsp3) is 0.435. The average Bonchev–Trinajstić information content (AvgIpc) is 2.72. The maximum Gasteiger partial charge on any atom is 0.211 e. The van der Waals surface area contributed by atoms with Gasteiger partial charge in [0, 0.05) is 12.2 Å². The van der Waals surface area contributed by atoms with Gasteiger partial charge in [-0.25, -0.2) is 9.97 Å². The van der Waals surface area contributed by atoms with Crippen LogP contribution in [0.2, 0.25) is 0 Å². The number of benzene rings is 1. The summed E-state index contributed by atoms with van der Waals surface area (Å²) in [6.07, 6.45) is 8.53. The summed E-state index contributed by atoms with van der Waals surface area (Å²) in [6.45, 7) is 7.79. The topological polar surface area (TPSA) is 76.1 Å². The van der Waals surface area contributed by atoms with E-state index in [0.29, 0.717) is 35.7 Å². The van der Waals surface area contributed by atoms with E-state index in [-0.39, 0.29) is 0 Å². The number of nitrogens with zero attached hydrogens (tertiary/aromatic N) is 2. The standard InChI is InChI=1S/C23H32N4O2S/c1-4-5-12-24-22-21(14-25-23(30)27-22)29-15-18(11-10-17(2)3)13-19-8-6-7-9-20(19)26-16-28/h6-9,13-14,16-17H,4-5,10-12,15H2,1-3H3,(H,26,28)(H2,24,25,27,30)/b18-13+. The van der Waals surface area contributed by atoms with Crippen LogP contribution < -0.4 is 15.4 Å².